The monoisotopic (exact) mass is 313 g/mol. The molecular weight excluding hydrogens is 304 g/mol. The molecule has 0 aliphatic carbocycles. The first-order valence-electron chi connectivity index (χ1n) is 6.27. The van der Waals surface area contributed by atoms with Crippen molar-refractivity contribution in [2.45, 2.75) is 6.92 Å². The van der Waals surface area contributed by atoms with Crippen molar-refractivity contribution in [3.8, 4) is 5.75 Å². The van der Waals surface area contributed by atoms with Gasteiger partial charge in [-0.1, -0.05) is 12.1 Å². The van der Waals surface area contributed by atoms with Crippen LogP contribution in [-0.2, 0) is 0 Å². The molecule has 8 heteroatoms. The summed E-state index contributed by atoms with van der Waals surface area (Å²) in [7, 11) is 0. The highest BCUT2D eigenvalue weighted by Crippen LogP contribution is 2.29. The zero-order valence-corrected chi connectivity index (χ0v) is 12.2. The van der Waals surface area contributed by atoms with Gasteiger partial charge in [-0.05, 0) is 35.9 Å². The zero-order valence-electron chi connectivity index (χ0n) is 11.4. The van der Waals surface area contributed by atoms with Gasteiger partial charge in [-0.3, -0.25) is 15.1 Å². The molecular formula is C14H9N4O3S-. The van der Waals surface area contributed by atoms with E-state index in [0.717, 1.165) is 17.2 Å². The summed E-state index contributed by atoms with van der Waals surface area (Å²) in [5.41, 5.74) is 2.27. The van der Waals surface area contributed by atoms with Gasteiger partial charge in [0, 0.05) is 12.3 Å². The van der Waals surface area contributed by atoms with Crippen LogP contribution in [0.3, 0.4) is 0 Å². The third-order valence-corrected chi connectivity index (χ3v) is 3.59. The number of nitro groups is 1. The largest absolute Gasteiger partial charge is 0.867 e. The van der Waals surface area contributed by atoms with E-state index in [0.29, 0.717) is 16.8 Å². The summed E-state index contributed by atoms with van der Waals surface area (Å²) in [6.45, 7) is 1.69. The predicted octanol–water partition coefficient (Wildman–Crippen LogP) is 2.73. The molecule has 0 N–H and O–H groups in total. The Labute approximate surface area is 129 Å². The molecule has 0 saturated carbocycles. The first kappa shape index (κ1) is 14.1. The Balaban J connectivity index is 2.06. The molecule has 0 bridgehead atoms. The highest BCUT2D eigenvalue weighted by Gasteiger charge is 2.10. The van der Waals surface area contributed by atoms with Crippen molar-refractivity contribution in [1.29, 1.82) is 0 Å². The number of nitrogens with zero attached hydrogens (tertiary/aromatic N) is 4. The molecule has 3 rings (SSSR count). The van der Waals surface area contributed by atoms with E-state index in [2.05, 4.69) is 13.7 Å². The molecule has 0 amide bonds. The van der Waals surface area contributed by atoms with Crippen LogP contribution in [0.25, 0.3) is 11.0 Å². The van der Waals surface area contributed by atoms with E-state index in [1.807, 2.05) is 6.07 Å². The number of rotatable bonds is 3. The lowest BCUT2D eigenvalue weighted by molar-refractivity contribution is -0.398. The van der Waals surface area contributed by atoms with E-state index in [9.17, 15) is 15.2 Å². The van der Waals surface area contributed by atoms with E-state index in [1.165, 1.54) is 12.3 Å². The van der Waals surface area contributed by atoms with E-state index < -0.39 is 16.4 Å². The van der Waals surface area contributed by atoms with Crippen LogP contribution < -0.4 is 5.11 Å². The van der Waals surface area contributed by atoms with Gasteiger partial charge in [0.25, 0.3) is 5.69 Å². The topological polar surface area (TPSA) is 104 Å². The summed E-state index contributed by atoms with van der Waals surface area (Å²) in [5, 5.41) is 22.9. The third-order valence-electron chi connectivity index (χ3n) is 3.05. The van der Waals surface area contributed by atoms with Crippen molar-refractivity contribution in [1.82, 2.24) is 8.75 Å². The lowest BCUT2D eigenvalue weighted by Crippen LogP contribution is -2.02. The number of nitro benzene ring substituents is 1. The van der Waals surface area contributed by atoms with Gasteiger partial charge in [-0.2, -0.15) is 8.75 Å². The maximum Gasteiger partial charge on any atom is 0.262 e. The summed E-state index contributed by atoms with van der Waals surface area (Å²) in [6.07, 6.45) is 1.33. The van der Waals surface area contributed by atoms with Crippen LogP contribution in [0.2, 0.25) is 0 Å². The van der Waals surface area contributed by atoms with Gasteiger partial charge in [0.05, 0.1) is 22.3 Å². The molecule has 0 unspecified atom stereocenters. The molecule has 0 fully saturated rings. The molecule has 110 valence electrons. The Bertz CT molecular complexity index is 904. The normalized spacial score (nSPS) is 11.3. The molecule has 0 aliphatic heterocycles. The fourth-order valence-corrected chi connectivity index (χ4v) is 2.59. The Hall–Kier alpha value is -2.87. The van der Waals surface area contributed by atoms with Gasteiger partial charge < -0.3 is 5.11 Å². The molecule has 0 aliphatic rings. The first-order valence-corrected chi connectivity index (χ1v) is 7.00. The fourth-order valence-electron chi connectivity index (χ4n) is 2.05. The van der Waals surface area contributed by atoms with E-state index in [4.69, 9.17) is 0 Å². The molecule has 1 heterocycles. The van der Waals surface area contributed by atoms with Gasteiger partial charge in [-0.25, -0.2) is 0 Å². The van der Waals surface area contributed by atoms with Crippen LogP contribution in [0.5, 0.6) is 5.75 Å². The van der Waals surface area contributed by atoms with Crippen molar-refractivity contribution >= 4 is 40.4 Å². The Morgan fingerprint density at radius 3 is 2.91 bits per heavy atom. The highest BCUT2D eigenvalue weighted by atomic mass is 32.1. The second-order valence-corrected chi connectivity index (χ2v) is 5.16. The van der Waals surface area contributed by atoms with Crippen LogP contribution >= 0.6 is 11.7 Å². The Morgan fingerprint density at radius 2 is 2.14 bits per heavy atom. The SMILES string of the molecule is Cc1cc(C=Nc2cccc3nsnc23)c([O-])c([N+](=O)[O-])c1. The minimum Gasteiger partial charge on any atom is -0.867 e. The maximum absolute atomic E-state index is 12.0. The molecule has 22 heavy (non-hydrogen) atoms. The van der Waals surface area contributed by atoms with Crippen molar-refractivity contribution in [3.63, 3.8) is 0 Å². The summed E-state index contributed by atoms with van der Waals surface area (Å²) in [4.78, 5) is 14.4. The molecule has 0 radical (unpaired) electrons. The standard InChI is InChI=1S/C14H10N4O3S/c1-8-5-9(14(19)12(6-8)18(20)21)7-15-10-3-2-4-11-13(10)17-22-16-11/h2-7,19H,1H3/p-1. The zero-order chi connectivity index (χ0) is 15.7. The number of hydrogen-bond donors (Lipinski definition) is 0. The maximum atomic E-state index is 12.0. The van der Waals surface area contributed by atoms with Crippen molar-refractivity contribution < 1.29 is 10.0 Å². The number of aromatic nitrogens is 2. The van der Waals surface area contributed by atoms with Crippen LogP contribution in [-0.4, -0.2) is 19.9 Å². The summed E-state index contributed by atoms with van der Waals surface area (Å²) < 4.78 is 8.26. The minimum absolute atomic E-state index is 0.173. The summed E-state index contributed by atoms with van der Waals surface area (Å²) in [6, 6.07) is 8.17. The molecule has 0 saturated heterocycles. The minimum atomic E-state index is -0.683. The van der Waals surface area contributed by atoms with Crippen LogP contribution in [0.15, 0.2) is 35.3 Å². The molecule has 0 spiro atoms. The molecule has 7 nitrogen and oxygen atoms in total. The molecule has 1 aromatic heterocycles. The predicted molar refractivity (Wildman–Crippen MR) is 81.9 cm³/mol. The van der Waals surface area contributed by atoms with Gasteiger partial charge in [-0.15, -0.1) is 0 Å². The molecule has 3 aromatic rings. The van der Waals surface area contributed by atoms with Gasteiger partial charge >= 0.3 is 0 Å². The summed E-state index contributed by atoms with van der Waals surface area (Å²) in [5.74, 6) is -0.650. The van der Waals surface area contributed by atoms with E-state index >= 15 is 0 Å². The van der Waals surface area contributed by atoms with Crippen LogP contribution in [0.1, 0.15) is 11.1 Å². The van der Waals surface area contributed by atoms with E-state index in [1.54, 1.807) is 25.1 Å². The molecule has 2 aromatic carbocycles. The highest BCUT2D eigenvalue weighted by molar-refractivity contribution is 7.00. The number of hydrogen-bond acceptors (Lipinski definition) is 7. The number of aliphatic imine (C=N–C) groups is 1. The number of fused-ring (bicyclic) bond motifs is 1. The van der Waals surface area contributed by atoms with Crippen molar-refractivity contribution in [2.75, 3.05) is 0 Å². The quantitative estimate of drug-likeness (QED) is 0.420. The van der Waals surface area contributed by atoms with Crippen LogP contribution in [0, 0.1) is 17.0 Å². The lowest BCUT2D eigenvalue weighted by atomic mass is 10.1. The third kappa shape index (κ3) is 2.51. The average molecular weight is 313 g/mol. The van der Waals surface area contributed by atoms with Gasteiger partial charge in [0.1, 0.15) is 11.0 Å². The molecule has 0 atom stereocenters. The lowest BCUT2D eigenvalue weighted by Gasteiger charge is -2.11. The number of aryl methyl sites for hydroxylation is 1. The summed E-state index contributed by atoms with van der Waals surface area (Å²) >= 11 is 1.08. The smallest absolute Gasteiger partial charge is 0.262 e. The van der Waals surface area contributed by atoms with Crippen LogP contribution in [0.4, 0.5) is 11.4 Å². The van der Waals surface area contributed by atoms with Crippen molar-refractivity contribution in [3.05, 3.63) is 51.6 Å². The Morgan fingerprint density at radius 1 is 1.32 bits per heavy atom. The van der Waals surface area contributed by atoms with Gasteiger partial charge in [0.15, 0.2) is 0 Å². The fraction of sp³-hybridized carbons (Fsp3) is 0.0714. The van der Waals surface area contributed by atoms with E-state index in [-0.39, 0.29) is 5.56 Å². The second-order valence-electron chi connectivity index (χ2n) is 4.63. The van der Waals surface area contributed by atoms with Crippen molar-refractivity contribution in [2.24, 2.45) is 4.99 Å². The number of benzene rings is 2. The first-order chi connectivity index (χ1) is 10.6. The van der Waals surface area contributed by atoms with Gasteiger partial charge in [0.2, 0.25) is 0 Å². The second kappa shape index (κ2) is 5.49. The average Bonchev–Trinajstić information content (AvgIpc) is 2.96. The Kier molecular flexibility index (Phi) is 3.51.